The summed E-state index contributed by atoms with van der Waals surface area (Å²) in [6, 6.07) is 7.96. The van der Waals surface area contributed by atoms with Gasteiger partial charge in [0.15, 0.2) is 5.78 Å². The highest BCUT2D eigenvalue weighted by atomic mass is 35.5. The fraction of sp³-hybridized carbons (Fsp3) is 0.222. The van der Waals surface area contributed by atoms with Crippen LogP contribution in [0.15, 0.2) is 36.4 Å². The third kappa shape index (κ3) is 6.88. The number of anilines is 1. The number of hydrogen-bond acceptors (Lipinski definition) is 3. The van der Waals surface area contributed by atoms with Crippen LogP contribution in [0.3, 0.4) is 0 Å². The van der Waals surface area contributed by atoms with Crippen LogP contribution in [0.5, 0.6) is 0 Å². The molecule has 0 unspecified atom stereocenters. The second-order valence-electron chi connectivity index (χ2n) is 5.68. The molecular formula is C18H13Cl3F3NO2S. The van der Waals surface area contributed by atoms with Crippen molar-refractivity contribution in [3.63, 3.8) is 0 Å². The number of carbonyl (C=O) groups excluding carboxylic acids is 2. The summed E-state index contributed by atoms with van der Waals surface area (Å²) in [5.74, 6) is -0.809. The van der Waals surface area contributed by atoms with Crippen LogP contribution in [0.2, 0.25) is 15.1 Å². The van der Waals surface area contributed by atoms with E-state index in [1.165, 1.54) is 17.8 Å². The highest BCUT2D eigenvalue weighted by Gasteiger charge is 2.34. The number of benzene rings is 2. The first kappa shape index (κ1) is 22.9. The summed E-state index contributed by atoms with van der Waals surface area (Å²) >= 11 is 18.7. The molecule has 3 nitrogen and oxygen atoms in total. The van der Waals surface area contributed by atoms with Crippen molar-refractivity contribution in [1.82, 2.24) is 0 Å². The topological polar surface area (TPSA) is 46.2 Å². The normalized spacial score (nSPS) is 11.4. The van der Waals surface area contributed by atoms with Gasteiger partial charge in [-0.1, -0.05) is 40.9 Å². The fourth-order valence-electron chi connectivity index (χ4n) is 2.20. The average molecular weight is 471 g/mol. The second kappa shape index (κ2) is 9.87. The van der Waals surface area contributed by atoms with Crippen molar-refractivity contribution >= 4 is 63.9 Å². The molecule has 0 saturated heterocycles. The third-order valence-corrected chi connectivity index (χ3v) is 5.32. The summed E-state index contributed by atoms with van der Waals surface area (Å²) in [4.78, 5) is 23.9. The van der Waals surface area contributed by atoms with Gasteiger partial charge in [0.2, 0.25) is 5.91 Å². The van der Waals surface area contributed by atoms with Crippen LogP contribution < -0.4 is 5.32 Å². The van der Waals surface area contributed by atoms with E-state index >= 15 is 0 Å². The standard InChI is InChI=1S/C18H13Cl3F3NO2S/c19-11-3-4-16(14(5-11)18(22,23)24)25-17(27)7-13(26)9-28-8-10-1-2-12(20)6-15(10)21/h1-6H,7-9H2,(H,25,27). The first-order chi connectivity index (χ1) is 13.1. The number of amides is 1. The van der Waals surface area contributed by atoms with E-state index < -0.39 is 35.5 Å². The van der Waals surface area contributed by atoms with Crippen molar-refractivity contribution in [1.29, 1.82) is 0 Å². The number of hydrogen-bond donors (Lipinski definition) is 1. The van der Waals surface area contributed by atoms with Crippen molar-refractivity contribution in [3.05, 3.63) is 62.6 Å². The Morgan fingerprint density at radius 2 is 1.64 bits per heavy atom. The highest BCUT2D eigenvalue weighted by molar-refractivity contribution is 7.99. The van der Waals surface area contributed by atoms with Gasteiger partial charge in [-0.25, -0.2) is 0 Å². The molecular weight excluding hydrogens is 458 g/mol. The van der Waals surface area contributed by atoms with E-state index in [0.717, 1.165) is 11.6 Å². The quantitative estimate of drug-likeness (QED) is 0.470. The van der Waals surface area contributed by atoms with Gasteiger partial charge in [-0.2, -0.15) is 13.2 Å². The summed E-state index contributed by atoms with van der Waals surface area (Å²) in [5.41, 5.74) is -0.743. The number of Topliss-reactive ketones (excluding diaryl/α,β-unsaturated/α-hetero) is 1. The van der Waals surface area contributed by atoms with E-state index in [9.17, 15) is 22.8 Å². The predicted octanol–water partition coefficient (Wildman–Crippen LogP) is 6.50. The molecule has 150 valence electrons. The van der Waals surface area contributed by atoms with Gasteiger partial charge in [-0.3, -0.25) is 9.59 Å². The number of rotatable bonds is 7. The summed E-state index contributed by atoms with van der Waals surface area (Å²) in [6.45, 7) is 0. The van der Waals surface area contributed by atoms with Gasteiger partial charge < -0.3 is 5.32 Å². The lowest BCUT2D eigenvalue weighted by molar-refractivity contribution is -0.137. The lowest BCUT2D eigenvalue weighted by Gasteiger charge is -2.14. The van der Waals surface area contributed by atoms with Crippen LogP contribution in [0.4, 0.5) is 18.9 Å². The number of ketones is 1. The fourth-order valence-corrected chi connectivity index (χ4v) is 3.83. The van der Waals surface area contributed by atoms with Crippen LogP contribution in [0.25, 0.3) is 0 Å². The maximum absolute atomic E-state index is 13.0. The average Bonchev–Trinajstić information content (AvgIpc) is 2.57. The third-order valence-electron chi connectivity index (χ3n) is 3.45. The Morgan fingerprint density at radius 3 is 2.29 bits per heavy atom. The number of carbonyl (C=O) groups is 2. The van der Waals surface area contributed by atoms with E-state index in [0.29, 0.717) is 21.9 Å². The number of nitrogens with one attached hydrogen (secondary N) is 1. The minimum atomic E-state index is -4.69. The lowest BCUT2D eigenvalue weighted by atomic mass is 10.1. The number of alkyl halides is 3. The monoisotopic (exact) mass is 469 g/mol. The van der Waals surface area contributed by atoms with Crippen molar-refractivity contribution in [2.24, 2.45) is 0 Å². The molecule has 0 aliphatic carbocycles. The zero-order valence-electron chi connectivity index (χ0n) is 14.1. The Hall–Kier alpha value is -1.41. The molecule has 0 radical (unpaired) electrons. The minimum Gasteiger partial charge on any atom is -0.325 e. The van der Waals surface area contributed by atoms with Crippen molar-refractivity contribution in [3.8, 4) is 0 Å². The summed E-state index contributed by atoms with van der Waals surface area (Å²) in [7, 11) is 0. The molecule has 0 aromatic heterocycles. The summed E-state index contributed by atoms with van der Waals surface area (Å²) < 4.78 is 39.1. The molecule has 0 fully saturated rings. The van der Waals surface area contributed by atoms with Gasteiger partial charge in [-0.05, 0) is 35.9 Å². The molecule has 0 aliphatic heterocycles. The molecule has 0 atom stereocenters. The van der Waals surface area contributed by atoms with Crippen molar-refractivity contribution in [2.45, 2.75) is 18.3 Å². The largest absolute Gasteiger partial charge is 0.418 e. The van der Waals surface area contributed by atoms with Crippen LogP contribution in [0.1, 0.15) is 17.5 Å². The molecule has 0 heterocycles. The van der Waals surface area contributed by atoms with Crippen molar-refractivity contribution < 1.29 is 22.8 Å². The lowest BCUT2D eigenvalue weighted by Crippen LogP contribution is -2.20. The van der Waals surface area contributed by atoms with Crippen LogP contribution in [-0.4, -0.2) is 17.4 Å². The van der Waals surface area contributed by atoms with Gasteiger partial charge in [0, 0.05) is 20.8 Å². The molecule has 0 bridgehead atoms. The Bertz CT molecular complexity index is 891. The molecule has 2 aromatic rings. The van der Waals surface area contributed by atoms with Crippen LogP contribution >= 0.6 is 46.6 Å². The molecule has 2 rings (SSSR count). The zero-order chi connectivity index (χ0) is 20.9. The molecule has 2 aromatic carbocycles. The first-order valence-corrected chi connectivity index (χ1v) is 10.0. The Labute approximate surface area is 178 Å². The van der Waals surface area contributed by atoms with Gasteiger partial charge in [-0.15, -0.1) is 11.8 Å². The van der Waals surface area contributed by atoms with Crippen LogP contribution in [-0.2, 0) is 21.5 Å². The van der Waals surface area contributed by atoms with E-state index in [1.807, 2.05) is 0 Å². The summed E-state index contributed by atoms with van der Waals surface area (Å²) in [6.07, 6.45) is -5.23. The Morgan fingerprint density at radius 1 is 1.00 bits per heavy atom. The molecule has 0 aliphatic rings. The van der Waals surface area contributed by atoms with Gasteiger partial charge in [0.05, 0.1) is 23.4 Å². The molecule has 1 amide bonds. The first-order valence-electron chi connectivity index (χ1n) is 7.76. The van der Waals surface area contributed by atoms with Crippen LogP contribution in [0, 0.1) is 0 Å². The Kier molecular flexibility index (Phi) is 8.07. The maximum Gasteiger partial charge on any atom is 0.418 e. The zero-order valence-corrected chi connectivity index (χ0v) is 17.2. The molecule has 0 spiro atoms. The van der Waals surface area contributed by atoms with E-state index in [-0.39, 0.29) is 10.8 Å². The maximum atomic E-state index is 13.0. The van der Waals surface area contributed by atoms with Crippen molar-refractivity contribution in [2.75, 3.05) is 11.1 Å². The molecule has 1 N–H and O–H groups in total. The van der Waals surface area contributed by atoms with E-state index in [4.69, 9.17) is 34.8 Å². The molecule has 10 heteroatoms. The van der Waals surface area contributed by atoms with E-state index in [2.05, 4.69) is 5.32 Å². The smallest absolute Gasteiger partial charge is 0.325 e. The Balaban J connectivity index is 1.89. The number of halogens is 6. The summed E-state index contributed by atoms with van der Waals surface area (Å²) in [5, 5.41) is 2.96. The van der Waals surface area contributed by atoms with Gasteiger partial charge >= 0.3 is 6.18 Å². The minimum absolute atomic E-state index is 0.0130. The molecule has 0 saturated carbocycles. The number of thioether (sulfide) groups is 1. The second-order valence-corrected chi connectivity index (χ2v) is 7.95. The molecule has 28 heavy (non-hydrogen) atoms. The van der Waals surface area contributed by atoms with Gasteiger partial charge in [0.1, 0.15) is 0 Å². The SMILES string of the molecule is O=C(CSCc1ccc(Cl)cc1Cl)CC(=O)Nc1ccc(Cl)cc1C(F)(F)F. The van der Waals surface area contributed by atoms with Gasteiger partial charge in [0.25, 0.3) is 0 Å². The highest BCUT2D eigenvalue weighted by Crippen LogP contribution is 2.36. The van der Waals surface area contributed by atoms with E-state index in [1.54, 1.807) is 18.2 Å². The predicted molar refractivity (Wildman–Crippen MR) is 107 cm³/mol.